The Morgan fingerprint density at radius 3 is 2.90 bits per heavy atom. The van der Waals surface area contributed by atoms with Crippen molar-refractivity contribution >= 4 is 11.6 Å². The van der Waals surface area contributed by atoms with Crippen molar-refractivity contribution in [2.75, 3.05) is 6.61 Å². The van der Waals surface area contributed by atoms with Gasteiger partial charge in [0, 0.05) is 6.07 Å². The maximum absolute atomic E-state index is 11.6. The maximum atomic E-state index is 11.6. The molecule has 0 fully saturated rings. The zero-order valence-electron chi connectivity index (χ0n) is 11.4. The van der Waals surface area contributed by atoms with Gasteiger partial charge in [0.25, 0.3) is 5.91 Å². The first-order valence-electron chi connectivity index (χ1n) is 6.23. The number of carbonyl (C=O) groups is 1. The lowest BCUT2D eigenvalue weighted by Crippen LogP contribution is -2.28. The summed E-state index contributed by atoms with van der Waals surface area (Å²) in [6.45, 7) is 1.68. The van der Waals surface area contributed by atoms with E-state index >= 15 is 0 Å². The first-order chi connectivity index (χ1) is 10.1. The molecule has 0 bridgehead atoms. The molecule has 1 amide bonds. The van der Waals surface area contributed by atoms with Crippen LogP contribution in [0.4, 0.5) is 5.69 Å². The van der Waals surface area contributed by atoms with Crippen LogP contribution in [0.5, 0.6) is 5.75 Å². The van der Waals surface area contributed by atoms with E-state index in [1.165, 1.54) is 18.4 Å². The van der Waals surface area contributed by atoms with Gasteiger partial charge in [-0.25, -0.2) is 0 Å². The van der Waals surface area contributed by atoms with Crippen molar-refractivity contribution in [3.8, 4) is 5.75 Å². The second-order valence-corrected chi connectivity index (χ2v) is 4.37. The van der Waals surface area contributed by atoms with Gasteiger partial charge < -0.3 is 14.5 Å². The van der Waals surface area contributed by atoms with Gasteiger partial charge in [-0.3, -0.25) is 14.9 Å². The van der Waals surface area contributed by atoms with Crippen LogP contribution in [0.3, 0.4) is 0 Å². The van der Waals surface area contributed by atoms with E-state index < -0.39 is 4.92 Å². The van der Waals surface area contributed by atoms with Crippen LogP contribution in [0.1, 0.15) is 11.3 Å². The molecule has 7 nitrogen and oxygen atoms in total. The molecule has 7 heteroatoms. The number of carbonyl (C=O) groups excluding carboxylic acids is 1. The number of furan rings is 1. The smallest absolute Gasteiger partial charge is 0.311 e. The van der Waals surface area contributed by atoms with Crippen LogP contribution in [0, 0.1) is 17.0 Å². The van der Waals surface area contributed by atoms with E-state index in [0.717, 1.165) is 5.56 Å². The minimum Gasteiger partial charge on any atom is -0.477 e. The summed E-state index contributed by atoms with van der Waals surface area (Å²) in [5, 5.41) is 13.5. The van der Waals surface area contributed by atoms with E-state index in [-0.39, 0.29) is 30.5 Å². The molecule has 0 aliphatic rings. The number of rotatable bonds is 6. The summed E-state index contributed by atoms with van der Waals surface area (Å²) in [7, 11) is 0. The highest BCUT2D eigenvalue weighted by Crippen LogP contribution is 2.27. The Bertz CT molecular complexity index is 637. The summed E-state index contributed by atoms with van der Waals surface area (Å²) in [5.41, 5.74) is 0.588. The molecule has 0 saturated heterocycles. The first kappa shape index (κ1) is 14.6. The van der Waals surface area contributed by atoms with Crippen molar-refractivity contribution in [3.05, 3.63) is 58.0 Å². The maximum Gasteiger partial charge on any atom is 0.311 e. The number of amides is 1. The number of nitro benzene ring substituents is 1. The molecule has 2 rings (SSSR count). The summed E-state index contributed by atoms with van der Waals surface area (Å²) in [4.78, 5) is 22.0. The highest BCUT2D eigenvalue weighted by atomic mass is 16.6. The Kier molecular flexibility index (Phi) is 4.55. The summed E-state index contributed by atoms with van der Waals surface area (Å²) in [6.07, 6.45) is 1.51. The van der Waals surface area contributed by atoms with Crippen molar-refractivity contribution in [1.29, 1.82) is 0 Å². The molecule has 0 aliphatic heterocycles. The number of nitro groups is 1. The molecule has 21 heavy (non-hydrogen) atoms. The third-order valence-corrected chi connectivity index (χ3v) is 2.71. The van der Waals surface area contributed by atoms with Crippen LogP contribution < -0.4 is 10.1 Å². The van der Waals surface area contributed by atoms with Gasteiger partial charge in [0.1, 0.15) is 5.76 Å². The SMILES string of the molecule is Cc1ccc(OCC(=O)NCc2ccco2)c([N+](=O)[O-])c1. The molecule has 0 spiro atoms. The highest BCUT2D eigenvalue weighted by Gasteiger charge is 2.16. The number of nitrogens with one attached hydrogen (secondary N) is 1. The summed E-state index contributed by atoms with van der Waals surface area (Å²) >= 11 is 0. The van der Waals surface area contributed by atoms with Gasteiger partial charge in [0.2, 0.25) is 0 Å². The summed E-state index contributed by atoms with van der Waals surface area (Å²) in [5.74, 6) is 0.296. The van der Waals surface area contributed by atoms with E-state index in [9.17, 15) is 14.9 Å². The number of benzene rings is 1. The monoisotopic (exact) mass is 290 g/mol. The van der Waals surface area contributed by atoms with Crippen LogP contribution in [0.15, 0.2) is 41.0 Å². The van der Waals surface area contributed by atoms with Crippen LogP contribution in [0.25, 0.3) is 0 Å². The molecule has 1 aromatic heterocycles. The molecular formula is C14H14N2O5. The molecule has 1 N–H and O–H groups in total. The van der Waals surface area contributed by atoms with Crippen molar-refractivity contribution in [1.82, 2.24) is 5.32 Å². The molecule has 110 valence electrons. The first-order valence-corrected chi connectivity index (χ1v) is 6.23. The third kappa shape index (κ3) is 4.07. The normalized spacial score (nSPS) is 10.1. The second-order valence-electron chi connectivity index (χ2n) is 4.37. The van der Waals surface area contributed by atoms with Gasteiger partial charge in [-0.2, -0.15) is 0 Å². The Labute approximate surface area is 120 Å². The van der Waals surface area contributed by atoms with Gasteiger partial charge >= 0.3 is 5.69 Å². The molecular weight excluding hydrogens is 276 g/mol. The predicted octanol–water partition coefficient (Wildman–Crippen LogP) is 2.19. The standard InChI is InChI=1S/C14H14N2O5/c1-10-4-5-13(12(7-10)16(18)19)21-9-14(17)15-8-11-3-2-6-20-11/h2-7H,8-9H2,1H3,(H,15,17). The van der Waals surface area contributed by atoms with Crippen LogP contribution in [0.2, 0.25) is 0 Å². The van der Waals surface area contributed by atoms with Gasteiger partial charge in [0.15, 0.2) is 12.4 Å². The molecule has 0 saturated carbocycles. The number of nitrogens with zero attached hydrogens (tertiary/aromatic N) is 1. The second kappa shape index (κ2) is 6.56. The largest absolute Gasteiger partial charge is 0.477 e. The van der Waals surface area contributed by atoms with E-state index in [0.29, 0.717) is 5.76 Å². The van der Waals surface area contributed by atoms with Gasteiger partial charge in [-0.15, -0.1) is 0 Å². The van der Waals surface area contributed by atoms with Crippen molar-refractivity contribution in [3.63, 3.8) is 0 Å². The molecule has 1 aromatic carbocycles. The number of hydrogen-bond donors (Lipinski definition) is 1. The lowest BCUT2D eigenvalue weighted by molar-refractivity contribution is -0.385. The lowest BCUT2D eigenvalue weighted by Gasteiger charge is -2.07. The molecule has 0 atom stereocenters. The minimum atomic E-state index is -0.539. The van der Waals surface area contributed by atoms with Crippen LogP contribution in [-0.2, 0) is 11.3 Å². The Morgan fingerprint density at radius 1 is 1.43 bits per heavy atom. The highest BCUT2D eigenvalue weighted by molar-refractivity contribution is 5.77. The van der Waals surface area contributed by atoms with Crippen molar-refractivity contribution in [2.24, 2.45) is 0 Å². The topological polar surface area (TPSA) is 94.6 Å². The Morgan fingerprint density at radius 2 is 2.24 bits per heavy atom. The van der Waals surface area contributed by atoms with Gasteiger partial charge in [-0.1, -0.05) is 6.07 Å². The Hall–Kier alpha value is -2.83. The van der Waals surface area contributed by atoms with Gasteiger partial charge in [-0.05, 0) is 30.7 Å². The lowest BCUT2D eigenvalue weighted by atomic mass is 10.2. The van der Waals surface area contributed by atoms with Crippen LogP contribution >= 0.6 is 0 Å². The molecule has 2 aromatic rings. The number of aryl methyl sites for hydroxylation is 1. The summed E-state index contributed by atoms with van der Waals surface area (Å²) in [6, 6.07) is 8.01. The van der Waals surface area contributed by atoms with E-state index in [1.807, 2.05) is 0 Å². The predicted molar refractivity (Wildman–Crippen MR) is 73.9 cm³/mol. The van der Waals surface area contributed by atoms with Crippen molar-refractivity contribution < 1.29 is 18.9 Å². The number of ether oxygens (including phenoxy) is 1. The molecule has 0 unspecified atom stereocenters. The van der Waals surface area contributed by atoms with Crippen LogP contribution in [-0.4, -0.2) is 17.4 Å². The van der Waals surface area contributed by atoms with E-state index in [2.05, 4.69) is 5.32 Å². The average molecular weight is 290 g/mol. The zero-order valence-corrected chi connectivity index (χ0v) is 11.4. The average Bonchev–Trinajstić information content (AvgIpc) is 2.97. The number of hydrogen-bond acceptors (Lipinski definition) is 5. The third-order valence-electron chi connectivity index (χ3n) is 2.71. The fourth-order valence-corrected chi connectivity index (χ4v) is 1.69. The van der Waals surface area contributed by atoms with Crippen molar-refractivity contribution in [2.45, 2.75) is 13.5 Å². The molecule has 0 aliphatic carbocycles. The molecule has 1 heterocycles. The fourth-order valence-electron chi connectivity index (χ4n) is 1.69. The molecule has 0 radical (unpaired) electrons. The quantitative estimate of drug-likeness (QED) is 0.650. The summed E-state index contributed by atoms with van der Waals surface area (Å²) < 4.78 is 10.3. The fraction of sp³-hybridized carbons (Fsp3) is 0.214. The van der Waals surface area contributed by atoms with E-state index in [4.69, 9.17) is 9.15 Å². The van der Waals surface area contributed by atoms with E-state index in [1.54, 1.807) is 25.1 Å². The van der Waals surface area contributed by atoms with Gasteiger partial charge in [0.05, 0.1) is 17.7 Å². The Balaban J connectivity index is 1.90. The zero-order chi connectivity index (χ0) is 15.2. The minimum absolute atomic E-state index is 0.0683.